The van der Waals surface area contributed by atoms with Crippen molar-refractivity contribution >= 4 is 5.91 Å². The van der Waals surface area contributed by atoms with E-state index in [-0.39, 0.29) is 19.1 Å². The number of carbonyl (C=O) groups is 1. The summed E-state index contributed by atoms with van der Waals surface area (Å²) in [5, 5.41) is 20.8. The van der Waals surface area contributed by atoms with E-state index >= 15 is 0 Å². The molecule has 1 rings (SSSR count). The standard InChI is InChI=1S/C17H28N2O4/c1-2-14-23-16-7-4-3-6-15(16)17(22)18-8-5-9-19(10-12-20)11-13-21/h3-4,6-7,20-21H,2,5,8-14H2,1H3,(H,18,22). The summed E-state index contributed by atoms with van der Waals surface area (Å²) >= 11 is 0. The Morgan fingerprint density at radius 1 is 1.17 bits per heavy atom. The minimum atomic E-state index is -0.146. The second-order valence-electron chi connectivity index (χ2n) is 5.24. The third-order valence-electron chi connectivity index (χ3n) is 3.36. The van der Waals surface area contributed by atoms with Crippen molar-refractivity contribution in [2.75, 3.05) is 46.0 Å². The molecule has 0 heterocycles. The zero-order valence-corrected chi connectivity index (χ0v) is 13.8. The third kappa shape index (κ3) is 7.45. The molecule has 0 bridgehead atoms. The van der Waals surface area contributed by atoms with E-state index in [4.69, 9.17) is 14.9 Å². The lowest BCUT2D eigenvalue weighted by atomic mass is 10.2. The van der Waals surface area contributed by atoms with Crippen molar-refractivity contribution in [3.63, 3.8) is 0 Å². The number of amides is 1. The smallest absolute Gasteiger partial charge is 0.255 e. The summed E-state index contributed by atoms with van der Waals surface area (Å²) in [6.07, 6.45) is 1.64. The Morgan fingerprint density at radius 3 is 2.52 bits per heavy atom. The van der Waals surface area contributed by atoms with Gasteiger partial charge in [0.2, 0.25) is 0 Å². The summed E-state index contributed by atoms with van der Waals surface area (Å²) < 4.78 is 5.59. The summed E-state index contributed by atoms with van der Waals surface area (Å²) in [5.41, 5.74) is 0.545. The van der Waals surface area contributed by atoms with Crippen LogP contribution in [0.3, 0.4) is 0 Å². The third-order valence-corrected chi connectivity index (χ3v) is 3.36. The van der Waals surface area contributed by atoms with Gasteiger partial charge in [0.05, 0.1) is 25.4 Å². The summed E-state index contributed by atoms with van der Waals surface area (Å²) in [6.45, 7) is 5.05. The van der Waals surface area contributed by atoms with E-state index in [9.17, 15) is 4.79 Å². The van der Waals surface area contributed by atoms with Gasteiger partial charge in [0, 0.05) is 19.6 Å². The minimum Gasteiger partial charge on any atom is -0.493 e. The Bertz CT molecular complexity index is 448. The zero-order chi connectivity index (χ0) is 16.9. The molecular weight excluding hydrogens is 296 g/mol. The first kappa shape index (κ1) is 19.4. The monoisotopic (exact) mass is 324 g/mol. The number of hydrogen-bond donors (Lipinski definition) is 3. The van der Waals surface area contributed by atoms with Gasteiger partial charge in [-0.2, -0.15) is 0 Å². The lowest BCUT2D eigenvalue weighted by Crippen LogP contribution is -2.33. The first-order chi connectivity index (χ1) is 11.2. The highest BCUT2D eigenvalue weighted by Gasteiger charge is 2.11. The van der Waals surface area contributed by atoms with Gasteiger partial charge in [-0.15, -0.1) is 0 Å². The molecular formula is C17H28N2O4. The van der Waals surface area contributed by atoms with E-state index in [0.717, 1.165) is 19.4 Å². The van der Waals surface area contributed by atoms with Crippen LogP contribution in [0.15, 0.2) is 24.3 Å². The number of carbonyl (C=O) groups excluding carboxylic acids is 1. The van der Waals surface area contributed by atoms with E-state index in [1.54, 1.807) is 12.1 Å². The topological polar surface area (TPSA) is 82.0 Å². The molecule has 1 aromatic carbocycles. The maximum atomic E-state index is 12.2. The normalized spacial score (nSPS) is 10.8. The molecule has 3 N–H and O–H groups in total. The lowest BCUT2D eigenvalue weighted by Gasteiger charge is -2.20. The van der Waals surface area contributed by atoms with Crippen LogP contribution in [-0.4, -0.2) is 67.0 Å². The second-order valence-corrected chi connectivity index (χ2v) is 5.24. The number of aliphatic hydroxyl groups excluding tert-OH is 2. The molecule has 1 aromatic rings. The fourth-order valence-electron chi connectivity index (χ4n) is 2.21. The van der Waals surface area contributed by atoms with Crippen LogP contribution in [0.1, 0.15) is 30.1 Å². The van der Waals surface area contributed by atoms with Gasteiger partial charge in [-0.05, 0) is 31.5 Å². The van der Waals surface area contributed by atoms with Gasteiger partial charge in [-0.25, -0.2) is 0 Å². The first-order valence-electron chi connectivity index (χ1n) is 8.17. The first-order valence-corrected chi connectivity index (χ1v) is 8.17. The Balaban J connectivity index is 2.41. The fourth-order valence-corrected chi connectivity index (χ4v) is 2.21. The van der Waals surface area contributed by atoms with Gasteiger partial charge >= 0.3 is 0 Å². The predicted octanol–water partition coefficient (Wildman–Crippen LogP) is 0.882. The highest BCUT2D eigenvalue weighted by Crippen LogP contribution is 2.17. The molecule has 6 heteroatoms. The Kier molecular flexibility index (Phi) is 10.0. The Morgan fingerprint density at radius 2 is 1.87 bits per heavy atom. The van der Waals surface area contributed by atoms with Crippen LogP contribution < -0.4 is 10.1 Å². The van der Waals surface area contributed by atoms with Crippen molar-refractivity contribution < 1.29 is 19.7 Å². The van der Waals surface area contributed by atoms with Gasteiger partial charge < -0.3 is 20.3 Å². The number of nitrogens with one attached hydrogen (secondary N) is 1. The highest BCUT2D eigenvalue weighted by atomic mass is 16.5. The Hall–Kier alpha value is -1.63. The zero-order valence-electron chi connectivity index (χ0n) is 13.8. The quantitative estimate of drug-likeness (QED) is 0.497. The summed E-state index contributed by atoms with van der Waals surface area (Å²) in [5.74, 6) is 0.460. The van der Waals surface area contributed by atoms with Crippen molar-refractivity contribution in [1.29, 1.82) is 0 Å². The van der Waals surface area contributed by atoms with Crippen LogP contribution >= 0.6 is 0 Å². The molecule has 0 fully saturated rings. The number of para-hydroxylation sites is 1. The van der Waals surface area contributed by atoms with Crippen molar-refractivity contribution in [2.45, 2.75) is 19.8 Å². The fraction of sp³-hybridized carbons (Fsp3) is 0.588. The van der Waals surface area contributed by atoms with Crippen LogP contribution in [-0.2, 0) is 0 Å². The molecule has 6 nitrogen and oxygen atoms in total. The SMILES string of the molecule is CCCOc1ccccc1C(=O)NCCCN(CCO)CCO. The van der Waals surface area contributed by atoms with Crippen LogP contribution in [0.4, 0.5) is 0 Å². The summed E-state index contributed by atoms with van der Waals surface area (Å²) in [6, 6.07) is 7.22. The molecule has 0 saturated carbocycles. The largest absolute Gasteiger partial charge is 0.493 e. The van der Waals surface area contributed by atoms with Gasteiger partial charge in [-0.1, -0.05) is 19.1 Å². The molecule has 130 valence electrons. The molecule has 0 aliphatic rings. The van der Waals surface area contributed by atoms with E-state index in [2.05, 4.69) is 5.32 Å². The number of rotatable bonds is 12. The summed E-state index contributed by atoms with van der Waals surface area (Å²) in [7, 11) is 0. The molecule has 0 aliphatic heterocycles. The van der Waals surface area contributed by atoms with E-state index < -0.39 is 0 Å². The summed E-state index contributed by atoms with van der Waals surface area (Å²) in [4.78, 5) is 14.2. The van der Waals surface area contributed by atoms with Crippen LogP contribution in [0.25, 0.3) is 0 Å². The van der Waals surface area contributed by atoms with Crippen molar-refractivity contribution in [2.24, 2.45) is 0 Å². The molecule has 0 radical (unpaired) electrons. The average Bonchev–Trinajstić information content (AvgIpc) is 2.57. The number of hydrogen-bond acceptors (Lipinski definition) is 5. The molecule has 0 aromatic heterocycles. The molecule has 0 saturated heterocycles. The lowest BCUT2D eigenvalue weighted by molar-refractivity contribution is 0.0945. The predicted molar refractivity (Wildman–Crippen MR) is 89.8 cm³/mol. The van der Waals surface area contributed by atoms with Crippen LogP contribution in [0.2, 0.25) is 0 Å². The minimum absolute atomic E-state index is 0.0640. The van der Waals surface area contributed by atoms with Gasteiger partial charge in [0.25, 0.3) is 5.91 Å². The van der Waals surface area contributed by atoms with Crippen LogP contribution in [0, 0.1) is 0 Å². The maximum absolute atomic E-state index is 12.2. The van der Waals surface area contributed by atoms with Crippen LogP contribution in [0.5, 0.6) is 5.75 Å². The van der Waals surface area contributed by atoms with Gasteiger partial charge in [0.15, 0.2) is 0 Å². The average molecular weight is 324 g/mol. The molecule has 0 atom stereocenters. The second kappa shape index (κ2) is 11.9. The highest BCUT2D eigenvalue weighted by molar-refractivity contribution is 5.96. The Labute approximate surface area is 138 Å². The molecule has 23 heavy (non-hydrogen) atoms. The van der Waals surface area contributed by atoms with Gasteiger partial charge in [0.1, 0.15) is 5.75 Å². The number of ether oxygens (including phenoxy) is 1. The molecule has 0 aliphatic carbocycles. The van der Waals surface area contributed by atoms with Crippen molar-refractivity contribution in [3.8, 4) is 5.75 Å². The molecule has 0 spiro atoms. The van der Waals surface area contributed by atoms with Crippen molar-refractivity contribution in [3.05, 3.63) is 29.8 Å². The number of nitrogens with zero attached hydrogens (tertiary/aromatic N) is 1. The van der Waals surface area contributed by atoms with Crippen molar-refractivity contribution in [1.82, 2.24) is 10.2 Å². The van der Waals surface area contributed by atoms with E-state index in [0.29, 0.717) is 37.6 Å². The van der Waals surface area contributed by atoms with Gasteiger partial charge in [-0.3, -0.25) is 9.69 Å². The van der Waals surface area contributed by atoms with E-state index in [1.165, 1.54) is 0 Å². The molecule has 1 amide bonds. The maximum Gasteiger partial charge on any atom is 0.255 e. The number of aliphatic hydroxyl groups is 2. The van der Waals surface area contributed by atoms with E-state index in [1.807, 2.05) is 24.0 Å². The number of benzene rings is 1. The molecule has 0 unspecified atom stereocenters.